The van der Waals surface area contributed by atoms with Crippen LogP contribution in [0.3, 0.4) is 0 Å². The lowest BCUT2D eigenvalue weighted by Gasteiger charge is -2.15. The fourth-order valence-electron chi connectivity index (χ4n) is 2.78. The van der Waals surface area contributed by atoms with Crippen molar-refractivity contribution in [3.05, 3.63) is 47.3 Å². The summed E-state index contributed by atoms with van der Waals surface area (Å²) in [6.45, 7) is 1.66. The number of nitrogens with one attached hydrogen (secondary N) is 2. The third-order valence-electron chi connectivity index (χ3n) is 4.33. The highest BCUT2D eigenvalue weighted by Gasteiger charge is 2.26. The molecule has 0 atom stereocenters. The van der Waals surface area contributed by atoms with E-state index < -0.39 is 0 Å². The number of rotatable bonds is 8. The molecular weight excluding hydrogens is 314 g/mol. The van der Waals surface area contributed by atoms with Gasteiger partial charge in [-0.25, -0.2) is 0 Å². The smallest absolute Gasteiger partial charge is 0.224 e. The molecule has 1 heterocycles. The second-order valence-electron chi connectivity index (χ2n) is 6.67. The molecule has 1 amide bonds. The van der Waals surface area contributed by atoms with Gasteiger partial charge in [-0.3, -0.25) is 9.89 Å². The summed E-state index contributed by atoms with van der Waals surface area (Å²) in [5, 5.41) is 19.1. The Bertz CT molecular complexity index is 755. The van der Waals surface area contributed by atoms with E-state index in [1.807, 2.05) is 0 Å². The van der Waals surface area contributed by atoms with E-state index in [1.54, 1.807) is 24.3 Å². The summed E-state index contributed by atoms with van der Waals surface area (Å²) in [6, 6.07) is 11.1. The van der Waals surface area contributed by atoms with Crippen molar-refractivity contribution in [1.82, 2.24) is 15.1 Å². The summed E-state index contributed by atoms with van der Waals surface area (Å²) in [7, 11) is 2.05. The average Bonchev–Trinajstić information content (AvgIpc) is 3.35. The van der Waals surface area contributed by atoms with Crippen molar-refractivity contribution in [3.8, 4) is 6.07 Å². The fourth-order valence-corrected chi connectivity index (χ4v) is 2.78. The van der Waals surface area contributed by atoms with Gasteiger partial charge in [0.25, 0.3) is 0 Å². The zero-order valence-corrected chi connectivity index (χ0v) is 14.5. The molecule has 130 valence electrons. The van der Waals surface area contributed by atoms with Gasteiger partial charge in [0.05, 0.1) is 17.3 Å². The van der Waals surface area contributed by atoms with Crippen LogP contribution in [-0.4, -0.2) is 34.6 Å². The van der Waals surface area contributed by atoms with Crippen molar-refractivity contribution in [3.63, 3.8) is 0 Å². The van der Waals surface area contributed by atoms with Gasteiger partial charge >= 0.3 is 0 Å². The lowest BCUT2D eigenvalue weighted by Crippen LogP contribution is -2.21. The number of amides is 1. The van der Waals surface area contributed by atoms with Crippen molar-refractivity contribution >= 4 is 11.6 Å². The first kappa shape index (κ1) is 17.2. The number of aromatic nitrogens is 2. The van der Waals surface area contributed by atoms with Crippen LogP contribution in [0.15, 0.2) is 30.3 Å². The number of carbonyl (C=O) groups is 1. The van der Waals surface area contributed by atoms with Crippen molar-refractivity contribution in [2.75, 3.05) is 18.9 Å². The molecule has 1 saturated carbocycles. The maximum Gasteiger partial charge on any atom is 0.224 e. The van der Waals surface area contributed by atoms with E-state index in [4.69, 9.17) is 5.26 Å². The number of nitriles is 1. The van der Waals surface area contributed by atoms with Crippen LogP contribution < -0.4 is 5.32 Å². The van der Waals surface area contributed by atoms with Crippen LogP contribution in [0.1, 0.15) is 48.6 Å². The molecule has 1 aliphatic carbocycles. The Labute approximate surface area is 147 Å². The molecule has 0 spiro atoms. The van der Waals surface area contributed by atoms with E-state index in [-0.39, 0.29) is 5.91 Å². The van der Waals surface area contributed by atoms with Crippen LogP contribution in [-0.2, 0) is 11.3 Å². The normalized spacial score (nSPS) is 13.6. The zero-order valence-electron chi connectivity index (χ0n) is 14.5. The SMILES string of the molecule is CN(CCCC(=O)Nc1ccc(C#N)cc1)Cc1cc(C2CC2)n[nH]1. The minimum Gasteiger partial charge on any atom is -0.326 e. The molecule has 6 heteroatoms. The van der Waals surface area contributed by atoms with Gasteiger partial charge in [0.2, 0.25) is 5.91 Å². The molecule has 2 N–H and O–H groups in total. The molecule has 1 fully saturated rings. The van der Waals surface area contributed by atoms with Gasteiger partial charge in [-0.2, -0.15) is 10.4 Å². The maximum atomic E-state index is 12.0. The van der Waals surface area contributed by atoms with Gasteiger partial charge in [-0.15, -0.1) is 0 Å². The van der Waals surface area contributed by atoms with Gasteiger partial charge < -0.3 is 10.2 Å². The standard InChI is InChI=1S/C19H23N5O/c1-24(13-17-11-18(23-22-17)15-6-7-15)10-2-3-19(25)21-16-8-4-14(12-20)5-9-16/h4-5,8-9,11,15H,2-3,6-7,10,13H2,1H3,(H,21,25)(H,22,23). The Morgan fingerprint density at radius 3 is 2.84 bits per heavy atom. The number of carbonyl (C=O) groups excluding carboxylic acids is 1. The molecule has 3 rings (SSSR count). The van der Waals surface area contributed by atoms with Crippen LogP contribution in [0.4, 0.5) is 5.69 Å². The Morgan fingerprint density at radius 1 is 1.40 bits per heavy atom. The van der Waals surface area contributed by atoms with Crippen LogP contribution in [0, 0.1) is 11.3 Å². The van der Waals surface area contributed by atoms with Gasteiger partial charge in [0.1, 0.15) is 0 Å². The summed E-state index contributed by atoms with van der Waals surface area (Å²) in [6.07, 6.45) is 3.78. The van der Waals surface area contributed by atoms with E-state index >= 15 is 0 Å². The largest absolute Gasteiger partial charge is 0.326 e. The van der Waals surface area contributed by atoms with E-state index in [2.05, 4.69) is 39.6 Å². The summed E-state index contributed by atoms with van der Waals surface area (Å²) in [4.78, 5) is 14.2. The van der Waals surface area contributed by atoms with Crippen molar-refractivity contribution in [2.24, 2.45) is 0 Å². The second kappa shape index (κ2) is 7.95. The lowest BCUT2D eigenvalue weighted by molar-refractivity contribution is -0.116. The molecule has 0 bridgehead atoms. The van der Waals surface area contributed by atoms with Crippen molar-refractivity contribution < 1.29 is 4.79 Å². The Balaban J connectivity index is 1.36. The number of hydrogen-bond acceptors (Lipinski definition) is 4. The first-order valence-electron chi connectivity index (χ1n) is 8.67. The first-order valence-corrected chi connectivity index (χ1v) is 8.67. The van der Waals surface area contributed by atoms with Crippen LogP contribution in [0.5, 0.6) is 0 Å². The molecule has 0 unspecified atom stereocenters. The van der Waals surface area contributed by atoms with Crippen LogP contribution >= 0.6 is 0 Å². The topological polar surface area (TPSA) is 84.8 Å². The van der Waals surface area contributed by atoms with Crippen LogP contribution in [0.25, 0.3) is 0 Å². The highest BCUT2D eigenvalue weighted by atomic mass is 16.1. The molecule has 6 nitrogen and oxygen atoms in total. The molecular formula is C19H23N5O. The molecule has 1 aliphatic rings. The minimum absolute atomic E-state index is 0.00401. The molecule has 0 radical (unpaired) electrons. The number of nitrogens with zero attached hydrogens (tertiary/aromatic N) is 3. The van der Waals surface area contributed by atoms with Crippen molar-refractivity contribution in [2.45, 2.75) is 38.1 Å². The van der Waals surface area contributed by atoms with Crippen LogP contribution in [0.2, 0.25) is 0 Å². The predicted molar refractivity (Wildman–Crippen MR) is 95.9 cm³/mol. The zero-order chi connectivity index (χ0) is 17.6. The highest BCUT2D eigenvalue weighted by molar-refractivity contribution is 5.90. The first-order chi connectivity index (χ1) is 12.1. The molecule has 0 aliphatic heterocycles. The molecule has 0 saturated heterocycles. The number of hydrogen-bond donors (Lipinski definition) is 2. The van der Waals surface area contributed by atoms with E-state index in [0.717, 1.165) is 30.9 Å². The fraction of sp³-hybridized carbons (Fsp3) is 0.421. The molecule has 25 heavy (non-hydrogen) atoms. The average molecular weight is 337 g/mol. The quantitative estimate of drug-likeness (QED) is 0.775. The number of benzene rings is 1. The molecule has 1 aromatic carbocycles. The molecule has 1 aromatic heterocycles. The van der Waals surface area contributed by atoms with Gasteiger partial charge in [-0.1, -0.05) is 0 Å². The number of aromatic amines is 1. The summed E-state index contributed by atoms with van der Waals surface area (Å²) in [5.41, 5.74) is 3.63. The van der Waals surface area contributed by atoms with E-state index in [9.17, 15) is 4.79 Å². The maximum absolute atomic E-state index is 12.0. The van der Waals surface area contributed by atoms with E-state index in [0.29, 0.717) is 17.9 Å². The summed E-state index contributed by atoms with van der Waals surface area (Å²) >= 11 is 0. The van der Waals surface area contributed by atoms with Gasteiger partial charge in [0, 0.05) is 30.3 Å². The van der Waals surface area contributed by atoms with E-state index in [1.165, 1.54) is 18.5 Å². The minimum atomic E-state index is -0.00401. The number of anilines is 1. The monoisotopic (exact) mass is 337 g/mol. The summed E-state index contributed by atoms with van der Waals surface area (Å²) < 4.78 is 0. The summed E-state index contributed by atoms with van der Waals surface area (Å²) in [5.74, 6) is 0.664. The van der Waals surface area contributed by atoms with Crippen molar-refractivity contribution in [1.29, 1.82) is 5.26 Å². The lowest BCUT2D eigenvalue weighted by atomic mass is 10.2. The number of H-pyrrole nitrogens is 1. The van der Waals surface area contributed by atoms with Gasteiger partial charge in [-0.05, 0) is 63.2 Å². The predicted octanol–water partition coefficient (Wildman–Crippen LogP) is 3.01. The Morgan fingerprint density at radius 2 is 2.16 bits per heavy atom. The Kier molecular flexibility index (Phi) is 5.46. The molecule has 2 aromatic rings. The third-order valence-corrected chi connectivity index (χ3v) is 4.33. The second-order valence-corrected chi connectivity index (χ2v) is 6.67. The van der Waals surface area contributed by atoms with Gasteiger partial charge in [0.15, 0.2) is 0 Å². The third kappa shape index (κ3) is 5.16. The highest BCUT2D eigenvalue weighted by Crippen LogP contribution is 2.39. The Hall–Kier alpha value is -2.65.